The molecular formula is C16H24O. The van der Waals surface area contributed by atoms with E-state index in [1.54, 1.807) is 0 Å². The van der Waals surface area contributed by atoms with Gasteiger partial charge in [-0.15, -0.1) is 0 Å². The molecule has 0 N–H and O–H groups in total. The zero-order valence-electron chi connectivity index (χ0n) is 11.3. The molecule has 0 radical (unpaired) electrons. The lowest BCUT2D eigenvalue weighted by molar-refractivity contribution is 0.308. The Balaban J connectivity index is 2.12. The molecule has 1 heteroatoms. The summed E-state index contributed by atoms with van der Waals surface area (Å²) in [5, 5.41) is 0. The summed E-state index contributed by atoms with van der Waals surface area (Å²) >= 11 is 0. The van der Waals surface area contributed by atoms with E-state index in [4.69, 9.17) is 4.74 Å². The summed E-state index contributed by atoms with van der Waals surface area (Å²) in [4.78, 5) is 0. The van der Waals surface area contributed by atoms with Gasteiger partial charge in [-0.2, -0.15) is 0 Å². The summed E-state index contributed by atoms with van der Waals surface area (Å²) in [6.45, 7) is 7.55. The third-order valence-corrected chi connectivity index (χ3v) is 3.43. The molecule has 1 aliphatic carbocycles. The SMILES string of the molecule is CCCCOc1cc(C(C)C)cc(C2CC2)c1. The summed E-state index contributed by atoms with van der Waals surface area (Å²) < 4.78 is 5.86. The molecule has 1 aromatic carbocycles. The first kappa shape index (κ1) is 12.5. The van der Waals surface area contributed by atoms with Crippen LogP contribution in [0.3, 0.4) is 0 Å². The lowest BCUT2D eigenvalue weighted by atomic mass is 9.98. The van der Waals surface area contributed by atoms with E-state index in [1.165, 1.54) is 30.4 Å². The maximum Gasteiger partial charge on any atom is 0.119 e. The molecule has 0 aliphatic heterocycles. The molecule has 17 heavy (non-hydrogen) atoms. The minimum Gasteiger partial charge on any atom is -0.494 e. The van der Waals surface area contributed by atoms with Gasteiger partial charge >= 0.3 is 0 Å². The van der Waals surface area contributed by atoms with Crippen LogP contribution in [0.1, 0.15) is 69.4 Å². The monoisotopic (exact) mass is 232 g/mol. The molecule has 0 unspecified atom stereocenters. The average Bonchev–Trinajstić information content (AvgIpc) is 3.13. The summed E-state index contributed by atoms with van der Waals surface area (Å²) in [5.41, 5.74) is 2.91. The first-order chi connectivity index (χ1) is 8.20. The predicted molar refractivity (Wildman–Crippen MR) is 72.9 cm³/mol. The van der Waals surface area contributed by atoms with Gasteiger partial charge in [0.05, 0.1) is 6.61 Å². The first-order valence-corrected chi connectivity index (χ1v) is 6.98. The Morgan fingerprint density at radius 3 is 2.59 bits per heavy atom. The topological polar surface area (TPSA) is 9.23 Å². The van der Waals surface area contributed by atoms with Crippen molar-refractivity contribution in [2.24, 2.45) is 0 Å². The van der Waals surface area contributed by atoms with E-state index in [0.29, 0.717) is 5.92 Å². The minimum atomic E-state index is 0.585. The van der Waals surface area contributed by atoms with Gasteiger partial charge < -0.3 is 4.74 Å². The highest BCUT2D eigenvalue weighted by Crippen LogP contribution is 2.42. The Bertz CT molecular complexity index is 344. The number of ether oxygens (including phenoxy) is 1. The second-order valence-corrected chi connectivity index (χ2v) is 5.47. The standard InChI is InChI=1S/C16H24O/c1-4-5-8-17-16-10-14(12(2)3)9-15(11-16)13-6-7-13/h9-13H,4-8H2,1-3H3. The largest absolute Gasteiger partial charge is 0.494 e. The van der Waals surface area contributed by atoms with Gasteiger partial charge in [-0.05, 0) is 54.4 Å². The second kappa shape index (κ2) is 5.57. The normalized spacial score (nSPS) is 15.3. The summed E-state index contributed by atoms with van der Waals surface area (Å²) in [6, 6.07) is 6.83. The molecule has 1 nitrogen and oxygen atoms in total. The van der Waals surface area contributed by atoms with Crippen LogP contribution >= 0.6 is 0 Å². The Labute approximate surface area is 105 Å². The highest BCUT2D eigenvalue weighted by molar-refractivity contribution is 5.39. The van der Waals surface area contributed by atoms with E-state index in [-0.39, 0.29) is 0 Å². The molecule has 0 amide bonds. The van der Waals surface area contributed by atoms with Crippen molar-refractivity contribution in [1.29, 1.82) is 0 Å². The van der Waals surface area contributed by atoms with Crippen molar-refractivity contribution in [2.45, 2.75) is 58.3 Å². The number of unbranched alkanes of at least 4 members (excludes halogenated alkanes) is 1. The van der Waals surface area contributed by atoms with Crippen LogP contribution in [0.2, 0.25) is 0 Å². The fraction of sp³-hybridized carbons (Fsp3) is 0.625. The van der Waals surface area contributed by atoms with Crippen molar-refractivity contribution in [2.75, 3.05) is 6.61 Å². The van der Waals surface area contributed by atoms with E-state index in [9.17, 15) is 0 Å². The maximum atomic E-state index is 5.86. The lowest BCUT2D eigenvalue weighted by Gasteiger charge is -2.13. The molecule has 0 saturated heterocycles. The quantitative estimate of drug-likeness (QED) is 0.636. The van der Waals surface area contributed by atoms with Crippen LogP contribution < -0.4 is 4.74 Å². The molecule has 2 rings (SSSR count). The molecule has 0 spiro atoms. The zero-order valence-corrected chi connectivity index (χ0v) is 11.3. The first-order valence-electron chi connectivity index (χ1n) is 6.98. The number of benzene rings is 1. The van der Waals surface area contributed by atoms with Crippen molar-refractivity contribution in [3.63, 3.8) is 0 Å². The van der Waals surface area contributed by atoms with Gasteiger partial charge in [-0.3, -0.25) is 0 Å². The van der Waals surface area contributed by atoms with Crippen LogP contribution in [0.4, 0.5) is 0 Å². The fourth-order valence-corrected chi connectivity index (χ4v) is 2.05. The smallest absolute Gasteiger partial charge is 0.119 e. The van der Waals surface area contributed by atoms with Gasteiger partial charge in [0, 0.05) is 0 Å². The summed E-state index contributed by atoms with van der Waals surface area (Å²) in [6.07, 6.45) is 5.05. The van der Waals surface area contributed by atoms with Gasteiger partial charge in [0.2, 0.25) is 0 Å². The van der Waals surface area contributed by atoms with E-state index in [2.05, 4.69) is 39.0 Å². The molecule has 1 fully saturated rings. The van der Waals surface area contributed by atoms with Crippen molar-refractivity contribution in [3.05, 3.63) is 29.3 Å². The van der Waals surface area contributed by atoms with E-state index in [1.807, 2.05) is 0 Å². The number of rotatable bonds is 6. The van der Waals surface area contributed by atoms with Gasteiger partial charge in [-0.1, -0.05) is 33.3 Å². The lowest BCUT2D eigenvalue weighted by Crippen LogP contribution is -1.99. The van der Waals surface area contributed by atoms with Crippen LogP contribution in [-0.4, -0.2) is 6.61 Å². The van der Waals surface area contributed by atoms with Crippen molar-refractivity contribution < 1.29 is 4.74 Å². The summed E-state index contributed by atoms with van der Waals surface area (Å²) in [5.74, 6) is 2.47. The molecule has 1 aliphatic rings. The Kier molecular flexibility index (Phi) is 4.09. The average molecular weight is 232 g/mol. The molecule has 0 aromatic heterocycles. The van der Waals surface area contributed by atoms with Crippen LogP contribution in [0.25, 0.3) is 0 Å². The van der Waals surface area contributed by atoms with Crippen LogP contribution in [0.15, 0.2) is 18.2 Å². The van der Waals surface area contributed by atoms with Gasteiger partial charge in [-0.25, -0.2) is 0 Å². The minimum absolute atomic E-state index is 0.585. The predicted octanol–water partition coefficient (Wildman–Crippen LogP) is 4.87. The number of hydrogen-bond acceptors (Lipinski definition) is 1. The molecular weight excluding hydrogens is 208 g/mol. The van der Waals surface area contributed by atoms with Crippen molar-refractivity contribution >= 4 is 0 Å². The molecule has 0 atom stereocenters. The van der Waals surface area contributed by atoms with Crippen LogP contribution in [-0.2, 0) is 0 Å². The van der Waals surface area contributed by atoms with Crippen molar-refractivity contribution in [1.82, 2.24) is 0 Å². The van der Waals surface area contributed by atoms with Crippen LogP contribution in [0, 0.1) is 0 Å². The molecule has 1 aromatic rings. The Hall–Kier alpha value is -0.980. The van der Waals surface area contributed by atoms with Crippen molar-refractivity contribution in [3.8, 4) is 5.75 Å². The maximum absolute atomic E-state index is 5.86. The Morgan fingerprint density at radius 1 is 1.24 bits per heavy atom. The highest BCUT2D eigenvalue weighted by atomic mass is 16.5. The molecule has 1 saturated carbocycles. The number of hydrogen-bond donors (Lipinski definition) is 0. The third-order valence-electron chi connectivity index (χ3n) is 3.43. The molecule has 0 bridgehead atoms. The molecule has 0 heterocycles. The fourth-order valence-electron chi connectivity index (χ4n) is 2.05. The van der Waals surface area contributed by atoms with Crippen LogP contribution in [0.5, 0.6) is 5.75 Å². The second-order valence-electron chi connectivity index (χ2n) is 5.47. The van der Waals surface area contributed by atoms with E-state index < -0.39 is 0 Å². The Morgan fingerprint density at radius 2 is 2.00 bits per heavy atom. The highest BCUT2D eigenvalue weighted by Gasteiger charge is 2.24. The molecule has 94 valence electrons. The van der Waals surface area contributed by atoms with Gasteiger partial charge in [0.1, 0.15) is 5.75 Å². The van der Waals surface area contributed by atoms with Gasteiger partial charge in [0.15, 0.2) is 0 Å². The zero-order chi connectivity index (χ0) is 12.3. The van der Waals surface area contributed by atoms with E-state index in [0.717, 1.165) is 24.7 Å². The van der Waals surface area contributed by atoms with E-state index >= 15 is 0 Å². The summed E-state index contributed by atoms with van der Waals surface area (Å²) in [7, 11) is 0. The third kappa shape index (κ3) is 3.49. The van der Waals surface area contributed by atoms with Gasteiger partial charge in [0.25, 0.3) is 0 Å².